The normalized spacial score (nSPS) is 10.6. The van der Waals surface area contributed by atoms with Crippen LogP contribution in [0.5, 0.6) is 0 Å². The van der Waals surface area contributed by atoms with Crippen molar-refractivity contribution in [3.05, 3.63) is 118 Å². The van der Waals surface area contributed by atoms with E-state index in [1.54, 1.807) is 24.3 Å². The topological polar surface area (TPSA) is 65.7 Å². The Morgan fingerprint density at radius 3 is 1.29 bits per heavy atom. The smallest absolute Gasteiger partial charge is 0.188 e. The van der Waals surface area contributed by atoms with E-state index in [0.29, 0.717) is 0 Å². The van der Waals surface area contributed by atoms with Crippen LogP contribution in [-0.2, 0) is 0 Å². The van der Waals surface area contributed by atoms with E-state index in [2.05, 4.69) is 9.97 Å². The van der Waals surface area contributed by atoms with Gasteiger partial charge in [-0.05, 0) is 45.8 Å². The van der Waals surface area contributed by atoms with E-state index in [1.165, 1.54) is 0 Å². The summed E-state index contributed by atoms with van der Waals surface area (Å²) in [6.07, 6.45) is 3.68. The third kappa shape index (κ3) is 3.65. The monoisotopic (exact) mass is 399 g/mol. The molecule has 2 aromatic heterocycles. The van der Waals surface area contributed by atoms with E-state index in [1.807, 2.05) is 73.1 Å². The Bertz CT molecular complexity index is 1530. The first-order valence-corrected chi connectivity index (χ1v) is 9.71. The SMILES string of the molecule is O=c1cccc2ccc3ccc[nH]c3c12.O=c1cccc2ccc3ccc[nH]c3c12.[Be]. The molecule has 5 heteroatoms. The second-order valence-corrected chi connectivity index (χ2v) is 7.11. The van der Waals surface area contributed by atoms with Crippen LogP contribution < -0.4 is 10.9 Å². The molecule has 0 bridgehead atoms. The van der Waals surface area contributed by atoms with Crippen molar-refractivity contribution in [2.24, 2.45) is 0 Å². The number of hydrogen-bond donors (Lipinski definition) is 2. The first-order valence-electron chi connectivity index (χ1n) is 9.71. The molecule has 0 saturated heterocycles. The van der Waals surface area contributed by atoms with Gasteiger partial charge in [-0.15, -0.1) is 0 Å². The Morgan fingerprint density at radius 2 is 0.839 bits per heavy atom. The zero-order chi connectivity index (χ0) is 20.5. The molecule has 2 radical (unpaired) electrons. The van der Waals surface area contributed by atoms with Gasteiger partial charge in [-0.3, -0.25) is 9.59 Å². The van der Waals surface area contributed by atoms with Crippen LogP contribution >= 0.6 is 0 Å². The van der Waals surface area contributed by atoms with Crippen molar-refractivity contribution in [1.82, 2.24) is 9.97 Å². The second-order valence-electron chi connectivity index (χ2n) is 7.11. The standard InChI is InChI=1S/2C13H9NO.Be/c2*15-11-5-1-3-9-6-7-10-4-2-8-14-13(10)12(9)11;/h2*1-8,14H;. The summed E-state index contributed by atoms with van der Waals surface area (Å²) in [6, 6.07) is 26.6. The summed E-state index contributed by atoms with van der Waals surface area (Å²) in [4.78, 5) is 29.8. The predicted molar refractivity (Wildman–Crippen MR) is 130 cm³/mol. The minimum absolute atomic E-state index is 0. The fourth-order valence-electron chi connectivity index (χ4n) is 3.88. The average Bonchev–Trinajstić information content (AvgIpc) is 2.79. The molecule has 0 fully saturated rings. The van der Waals surface area contributed by atoms with E-state index >= 15 is 0 Å². The number of benzene rings is 4. The maximum Gasteiger partial charge on any atom is 0.188 e. The maximum absolute atomic E-state index is 11.8. The summed E-state index contributed by atoms with van der Waals surface area (Å²) in [7, 11) is 0. The van der Waals surface area contributed by atoms with Gasteiger partial charge in [0.2, 0.25) is 0 Å². The first kappa shape index (κ1) is 20.3. The zero-order valence-corrected chi connectivity index (χ0v) is 16.8. The summed E-state index contributed by atoms with van der Waals surface area (Å²) in [6.45, 7) is 0. The van der Waals surface area contributed by atoms with E-state index in [4.69, 9.17) is 0 Å². The van der Waals surface area contributed by atoms with E-state index in [0.717, 1.165) is 43.4 Å². The van der Waals surface area contributed by atoms with Gasteiger partial charge < -0.3 is 9.97 Å². The molecule has 0 unspecified atom stereocenters. The van der Waals surface area contributed by atoms with Crippen LogP contribution in [0.15, 0.2) is 107 Å². The molecule has 0 spiro atoms. The van der Waals surface area contributed by atoms with Crippen molar-refractivity contribution in [2.75, 3.05) is 0 Å². The molecule has 0 amide bonds. The summed E-state index contributed by atoms with van der Waals surface area (Å²) in [5, 5.41) is 5.64. The van der Waals surface area contributed by atoms with Crippen molar-refractivity contribution in [1.29, 1.82) is 0 Å². The van der Waals surface area contributed by atoms with Gasteiger partial charge in [0.15, 0.2) is 10.9 Å². The molecule has 0 aliphatic carbocycles. The molecule has 146 valence electrons. The number of rotatable bonds is 0. The Balaban J connectivity index is 0.000000144. The predicted octanol–water partition coefficient (Wildman–Crippen LogP) is 4.98. The Hall–Kier alpha value is -4.01. The molecule has 31 heavy (non-hydrogen) atoms. The van der Waals surface area contributed by atoms with Crippen molar-refractivity contribution < 1.29 is 0 Å². The van der Waals surface area contributed by atoms with Gasteiger partial charge in [-0.1, -0.05) is 60.7 Å². The molecule has 4 aromatic carbocycles. The molecule has 0 atom stereocenters. The summed E-state index contributed by atoms with van der Waals surface area (Å²) < 4.78 is 0. The third-order valence-electron chi connectivity index (χ3n) is 5.28. The molecular weight excluding hydrogens is 381 g/mol. The van der Waals surface area contributed by atoms with E-state index < -0.39 is 0 Å². The van der Waals surface area contributed by atoms with Crippen LogP contribution in [0.1, 0.15) is 0 Å². The van der Waals surface area contributed by atoms with E-state index in [-0.39, 0.29) is 21.0 Å². The fraction of sp³-hybridized carbons (Fsp3) is 0. The second kappa shape index (κ2) is 8.39. The Morgan fingerprint density at radius 1 is 0.452 bits per heavy atom. The molecule has 6 rings (SSSR count). The maximum atomic E-state index is 11.8. The third-order valence-corrected chi connectivity index (χ3v) is 5.28. The van der Waals surface area contributed by atoms with Crippen molar-refractivity contribution in [3.63, 3.8) is 0 Å². The van der Waals surface area contributed by atoms with Gasteiger partial charge in [-0.25, -0.2) is 0 Å². The fourth-order valence-corrected chi connectivity index (χ4v) is 3.88. The van der Waals surface area contributed by atoms with Crippen LogP contribution in [0.3, 0.4) is 0 Å². The van der Waals surface area contributed by atoms with Crippen LogP contribution in [0.4, 0.5) is 0 Å². The van der Waals surface area contributed by atoms with Gasteiger partial charge >= 0.3 is 0 Å². The minimum Gasteiger partial charge on any atom is -0.361 e. The number of hydrogen-bond acceptors (Lipinski definition) is 2. The van der Waals surface area contributed by atoms with Gasteiger partial charge in [-0.2, -0.15) is 0 Å². The molecule has 0 aliphatic rings. The molecular formula is C26H18BeN2O2. The van der Waals surface area contributed by atoms with Gasteiger partial charge in [0, 0.05) is 22.5 Å². The van der Waals surface area contributed by atoms with Crippen molar-refractivity contribution >= 4 is 53.5 Å². The number of nitrogens with one attached hydrogen (secondary N) is 2. The minimum atomic E-state index is 0. The molecule has 0 aliphatic heterocycles. The van der Waals surface area contributed by atoms with Gasteiger partial charge in [0.25, 0.3) is 0 Å². The molecule has 6 aromatic rings. The average molecular weight is 399 g/mol. The summed E-state index contributed by atoms with van der Waals surface area (Å²) in [5.41, 5.74) is 1.97. The summed E-state index contributed by atoms with van der Waals surface area (Å²) in [5.74, 6) is 0. The molecule has 0 saturated carbocycles. The van der Waals surface area contributed by atoms with Gasteiger partial charge in [0.1, 0.15) is 0 Å². The Kier molecular flexibility index (Phi) is 5.48. The van der Waals surface area contributed by atoms with Gasteiger partial charge in [0.05, 0.1) is 21.8 Å². The molecule has 2 N–H and O–H groups in total. The van der Waals surface area contributed by atoms with Crippen LogP contribution in [0.2, 0.25) is 0 Å². The Labute approximate surface area is 181 Å². The van der Waals surface area contributed by atoms with Crippen LogP contribution in [0.25, 0.3) is 43.4 Å². The largest absolute Gasteiger partial charge is 0.361 e. The van der Waals surface area contributed by atoms with Crippen LogP contribution in [-0.4, -0.2) is 20.1 Å². The number of aromatic nitrogens is 2. The first-order chi connectivity index (χ1) is 14.7. The molecule has 2 heterocycles. The van der Waals surface area contributed by atoms with Crippen molar-refractivity contribution in [2.45, 2.75) is 0 Å². The summed E-state index contributed by atoms with van der Waals surface area (Å²) >= 11 is 0. The molecule has 4 nitrogen and oxygen atoms in total. The zero-order valence-electron chi connectivity index (χ0n) is 16.8. The van der Waals surface area contributed by atoms with Crippen molar-refractivity contribution in [3.8, 4) is 0 Å². The quantitative estimate of drug-likeness (QED) is 0.279. The van der Waals surface area contributed by atoms with E-state index in [9.17, 15) is 9.59 Å². The number of fused-ring (bicyclic) bond motifs is 6. The number of H-pyrrole nitrogens is 2. The number of aromatic amines is 2. The van der Waals surface area contributed by atoms with Crippen LogP contribution in [0, 0.1) is 0 Å². The number of pyridine rings is 2.